The molecule has 0 aromatic heterocycles. The van der Waals surface area contributed by atoms with Crippen LogP contribution in [0.1, 0.15) is 18.1 Å². The van der Waals surface area contributed by atoms with E-state index in [0.29, 0.717) is 19.8 Å². The minimum atomic E-state index is -0.242. The summed E-state index contributed by atoms with van der Waals surface area (Å²) < 4.78 is 23.8. The van der Waals surface area contributed by atoms with Gasteiger partial charge in [-0.15, -0.1) is 0 Å². The van der Waals surface area contributed by atoms with Crippen LogP contribution in [-0.4, -0.2) is 61.3 Å². The highest BCUT2D eigenvalue weighted by molar-refractivity contribution is 5.81. The number of halogens is 1. The Balaban J connectivity index is 1.19. The molecule has 2 aliphatic heterocycles. The molecule has 1 fully saturated rings. The standard InChI is InChI=1S/C23H28FN3O3/c1-17(23(28)25-9-8-18-2-5-20(24)6-3-18)27-12-10-26(11-13-27)15-19-4-7-21-22(14-19)30-16-29-21/h2-7,14,17H,8-13,15-16H2,1H3,(H,25,28). The Morgan fingerprint density at radius 2 is 1.73 bits per heavy atom. The van der Waals surface area contributed by atoms with Crippen LogP contribution in [-0.2, 0) is 17.8 Å². The van der Waals surface area contributed by atoms with Gasteiger partial charge in [-0.2, -0.15) is 0 Å². The highest BCUT2D eigenvalue weighted by Gasteiger charge is 2.25. The predicted octanol–water partition coefficient (Wildman–Crippen LogP) is 2.42. The van der Waals surface area contributed by atoms with Gasteiger partial charge in [0.1, 0.15) is 5.82 Å². The molecule has 2 aromatic rings. The molecule has 6 nitrogen and oxygen atoms in total. The molecule has 0 spiro atoms. The number of carbonyl (C=O) groups is 1. The van der Waals surface area contributed by atoms with Crippen LogP contribution in [0.4, 0.5) is 4.39 Å². The normalized spacial score (nSPS) is 17.7. The maximum absolute atomic E-state index is 13.0. The van der Waals surface area contributed by atoms with Crippen LogP contribution in [0.25, 0.3) is 0 Å². The molecule has 0 radical (unpaired) electrons. The molecule has 1 N–H and O–H groups in total. The Kier molecular flexibility index (Phi) is 6.50. The fourth-order valence-electron chi connectivity index (χ4n) is 3.90. The molecule has 0 bridgehead atoms. The van der Waals surface area contributed by atoms with Crippen molar-refractivity contribution in [2.24, 2.45) is 0 Å². The number of carbonyl (C=O) groups excluding carboxylic acids is 1. The first-order chi connectivity index (χ1) is 14.6. The number of piperazine rings is 1. The first-order valence-corrected chi connectivity index (χ1v) is 10.5. The second-order valence-electron chi connectivity index (χ2n) is 7.84. The molecule has 4 rings (SSSR count). The fraction of sp³-hybridized carbons (Fsp3) is 0.435. The third-order valence-electron chi connectivity index (χ3n) is 5.80. The molecule has 0 saturated carbocycles. The number of hydrogen-bond donors (Lipinski definition) is 1. The summed E-state index contributed by atoms with van der Waals surface area (Å²) in [5.41, 5.74) is 2.22. The number of rotatable bonds is 7. The summed E-state index contributed by atoms with van der Waals surface area (Å²) in [5, 5.41) is 3.00. The Morgan fingerprint density at radius 3 is 2.50 bits per heavy atom. The number of nitrogens with one attached hydrogen (secondary N) is 1. The van der Waals surface area contributed by atoms with E-state index >= 15 is 0 Å². The molecule has 2 aromatic carbocycles. The zero-order valence-electron chi connectivity index (χ0n) is 17.3. The fourth-order valence-corrected chi connectivity index (χ4v) is 3.90. The Hall–Kier alpha value is -2.64. The van der Waals surface area contributed by atoms with Gasteiger partial charge in [0.05, 0.1) is 6.04 Å². The zero-order valence-corrected chi connectivity index (χ0v) is 17.3. The van der Waals surface area contributed by atoms with Crippen molar-refractivity contribution in [3.63, 3.8) is 0 Å². The van der Waals surface area contributed by atoms with Crippen molar-refractivity contribution in [2.75, 3.05) is 39.5 Å². The van der Waals surface area contributed by atoms with Crippen molar-refractivity contribution in [3.05, 3.63) is 59.4 Å². The van der Waals surface area contributed by atoms with Crippen molar-refractivity contribution in [3.8, 4) is 11.5 Å². The van der Waals surface area contributed by atoms with Crippen LogP contribution < -0.4 is 14.8 Å². The van der Waals surface area contributed by atoms with E-state index < -0.39 is 0 Å². The van der Waals surface area contributed by atoms with Crippen LogP contribution in [0, 0.1) is 5.82 Å². The van der Waals surface area contributed by atoms with Gasteiger partial charge in [0, 0.05) is 39.3 Å². The molecular formula is C23H28FN3O3. The molecule has 1 unspecified atom stereocenters. The van der Waals surface area contributed by atoms with Crippen LogP contribution >= 0.6 is 0 Å². The summed E-state index contributed by atoms with van der Waals surface area (Å²) in [6.45, 7) is 7.22. The van der Waals surface area contributed by atoms with Crippen molar-refractivity contribution < 1.29 is 18.7 Å². The van der Waals surface area contributed by atoms with Crippen LogP contribution in [0.15, 0.2) is 42.5 Å². The van der Waals surface area contributed by atoms with E-state index in [0.717, 1.165) is 49.8 Å². The number of hydrogen-bond acceptors (Lipinski definition) is 5. The van der Waals surface area contributed by atoms with E-state index in [2.05, 4.69) is 21.2 Å². The van der Waals surface area contributed by atoms with Crippen molar-refractivity contribution >= 4 is 5.91 Å². The molecule has 160 valence electrons. The molecule has 0 aliphatic carbocycles. The van der Waals surface area contributed by atoms with Gasteiger partial charge in [-0.3, -0.25) is 14.6 Å². The van der Waals surface area contributed by atoms with Crippen molar-refractivity contribution in [2.45, 2.75) is 25.9 Å². The van der Waals surface area contributed by atoms with Gasteiger partial charge >= 0.3 is 0 Å². The van der Waals surface area contributed by atoms with Gasteiger partial charge in [0.15, 0.2) is 11.5 Å². The third kappa shape index (κ3) is 5.09. The largest absolute Gasteiger partial charge is 0.454 e. The Bertz CT molecular complexity index is 866. The lowest BCUT2D eigenvalue weighted by Crippen LogP contribution is -2.53. The molecule has 1 saturated heterocycles. The van der Waals surface area contributed by atoms with Gasteiger partial charge in [-0.05, 0) is 48.7 Å². The monoisotopic (exact) mass is 413 g/mol. The summed E-state index contributed by atoms with van der Waals surface area (Å²) in [6.07, 6.45) is 0.696. The molecule has 1 atom stereocenters. The Labute approximate surface area is 176 Å². The smallest absolute Gasteiger partial charge is 0.237 e. The second kappa shape index (κ2) is 9.45. The molecule has 1 amide bonds. The SMILES string of the molecule is CC(C(=O)NCCc1ccc(F)cc1)N1CCN(Cc2ccc3c(c2)OCO3)CC1. The van der Waals surface area contributed by atoms with E-state index in [1.165, 1.54) is 17.7 Å². The molecule has 2 heterocycles. The summed E-state index contributed by atoms with van der Waals surface area (Å²) in [4.78, 5) is 17.1. The number of ether oxygens (including phenoxy) is 2. The van der Waals surface area contributed by atoms with Gasteiger partial charge in [-0.25, -0.2) is 4.39 Å². The average molecular weight is 413 g/mol. The van der Waals surface area contributed by atoms with Gasteiger partial charge in [0.25, 0.3) is 0 Å². The number of nitrogens with zero attached hydrogens (tertiary/aromatic N) is 2. The molecule has 2 aliphatic rings. The summed E-state index contributed by atoms with van der Waals surface area (Å²) in [6, 6.07) is 12.3. The van der Waals surface area contributed by atoms with E-state index in [9.17, 15) is 9.18 Å². The minimum absolute atomic E-state index is 0.0429. The second-order valence-corrected chi connectivity index (χ2v) is 7.84. The molecular weight excluding hydrogens is 385 g/mol. The Morgan fingerprint density at radius 1 is 1.03 bits per heavy atom. The van der Waals surface area contributed by atoms with E-state index in [4.69, 9.17) is 9.47 Å². The number of benzene rings is 2. The summed E-state index contributed by atoms with van der Waals surface area (Å²) in [5.74, 6) is 1.43. The van der Waals surface area contributed by atoms with E-state index in [1.807, 2.05) is 19.1 Å². The van der Waals surface area contributed by atoms with Gasteiger partial charge < -0.3 is 14.8 Å². The van der Waals surface area contributed by atoms with Gasteiger partial charge in [-0.1, -0.05) is 18.2 Å². The highest BCUT2D eigenvalue weighted by atomic mass is 19.1. The zero-order chi connectivity index (χ0) is 20.9. The molecule has 30 heavy (non-hydrogen) atoms. The quantitative estimate of drug-likeness (QED) is 0.756. The lowest BCUT2D eigenvalue weighted by atomic mass is 10.1. The number of fused-ring (bicyclic) bond motifs is 1. The maximum Gasteiger partial charge on any atom is 0.237 e. The first kappa shape index (κ1) is 20.6. The lowest BCUT2D eigenvalue weighted by molar-refractivity contribution is -0.126. The van der Waals surface area contributed by atoms with Crippen molar-refractivity contribution in [1.82, 2.24) is 15.1 Å². The van der Waals surface area contributed by atoms with E-state index in [1.54, 1.807) is 12.1 Å². The summed E-state index contributed by atoms with van der Waals surface area (Å²) >= 11 is 0. The topological polar surface area (TPSA) is 54.0 Å². The van der Waals surface area contributed by atoms with Crippen LogP contribution in [0.5, 0.6) is 11.5 Å². The summed E-state index contributed by atoms with van der Waals surface area (Å²) in [7, 11) is 0. The van der Waals surface area contributed by atoms with Crippen LogP contribution in [0.2, 0.25) is 0 Å². The lowest BCUT2D eigenvalue weighted by Gasteiger charge is -2.37. The van der Waals surface area contributed by atoms with Crippen molar-refractivity contribution in [1.29, 1.82) is 0 Å². The minimum Gasteiger partial charge on any atom is -0.454 e. The molecule has 7 heteroatoms. The number of amides is 1. The third-order valence-corrected chi connectivity index (χ3v) is 5.80. The van der Waals surface area contributed by atoms with Gasteiger partial charge in [0.2, 0.25) is 12.7 Å². The highest BCUT2D eigenvalue weighted by Crippen LogP contribution is 2.32. The predicted molar refractivity (Wildman–Crippen MR) is 112 cm³/mol. The van der Waals surface area contributed by atoms with E-state index in [-0.39, 0.29) is 17.8 Å². The maximum atomic E-state index is 13.0. The first-order valence-electron chi connectivity index (χ1n) is 10.5. The van der Waals surface area contributed by atoms with Crippen LogP contribution in [0.3, 0.4) is 0 Å². The average Bonchev–Trinajstić information content (AvgIpc) is 3.23.